The van der Waals surface area contributed by atoms with Crippen LogP contribution in [0.15, 0.2) is 50.8 Å². The van der Waals surface area contributed by atoms with Gasteiger partial charge in [-0.05, 0) is 29.1 Å². The first kappa shape index (κ1) is 13.5. The van der Waals surface area contributed by atoms with Crippen molar-refractivity contribution in [2.45, 2.75) is 12.5 Å². The van der Waals surface area contributed by atoms with Crippen molar-refractivity contribution in [1.29, 1.82) is 0 Å². The molecule has 1 atom stereocenters. The Bertz CT molecular complexity index is 679. The van der Waals surface area contributed by atoms with Gasteiger partial charge in [-0.15, -0.1) is 11.3 Å². The second kappa shape index (κ2) is 5.87. The molecule has 0 saturated carbocycles. The van der Waals surface area contributed by atoms with Crippen LogP contribution in [0.1, 0.15) is 28.2 Å². The van der Waals surface area contributed by atoms with E-state index >= 15 is 0 Å². The summed E-state index contributed by atoms with van der Waals surface area (Å²) < 4.78 is 6.31. The first-order chi connectivity index (χ1) is 9.72. The third-order valence-corrected chi connectivity index (χ3v) is 4.36. The van der Waals surface area contributed by atoms with E-state index in [-0.39, 0.29) is 6.04 Å². The molecule has 3 rings (SSSR count). The van der Waals surface area contributed by atoms with Gasteiger partial charge in [0.2, 0.25) is 5.89 Å². The van der Waals surface area contributed by atoms with Crippen molar-refractivity contribution in [3.63, 3.8) is 0 Å². The number of halogens is 1. The summed E-state index contributed by atoms with van der Waals surface area (Å²) >= 11 is 4.99. The molecule has 2 heterocycles. The molecule has 6 heteroatoms. The minimum atomic E-state index is -0.346. The van der Waals surface area contributed by atoms with Crippen molar-refractivity contribution in [3.05, 3.63) is 68.4 Å². The molecule has 0 bridgehead atoms. The molecule has 0 aliphatic heterocycles. The van der Waals surface area contributed by atoms with Crippen LogP contribution in [-0.2, 0) is 6.42 Å². The highest BCUT2D eigenvalue weighted by molar-refractivity contribution is 9.10. The van der Waals surface area contributed by atoms with Gasteiger partial charge in [0.05, 0.1) is 0 Å². The Morgan fingerprint density at radius 1 is 1.25 bits per heavy atom. The molecule has 1 unspecified atom stereocenters. The highest BCUT2D eigenvalue weighted by atomic mass is 79.9. The number of aromatic nitrogens is 2. The molecule has 0 amide bonds. The molecule has 3 aromatic rings. The van der Waals surface area contributed by atoms with Gasteiger partial charge in [0.15, 0.2) is 5.82 Å². The molecule has 20 heavy (non-hydrogen) atoms. The molecular formula is C14H12BrN3OS. The maximum Gasteiger partial charge on any atom is 0.248 e. The van der Waals surface area contributed by atoms with Crippen molar-refractivity contribution in [1.82, 2.24) is 10.1 Å². The van der Waals surface area contributed by atoms with Gasteiger partial charge in [0.1, 0.15) is 6.04 Å². The van der Waals surface area contributed by atoms with Crippen molar-refractivity contribution in [2.24, 2.45) is 5.73 Å². The Morgan fingerprint density at radius 2 is 2.05 bits per heavy atom. The Morgan fingerprint density at radius 3 is 2.75 bits per heavy atom. The topological polar surface area (TPSA) is 64.9 Å². The van der Waals surface area contributed by atoms with E-state index in [1.165, 1.54) is 0 Å². The maximum atomic E-state index is 6.10. The number of thiophene rings is 1. The fourth-order valence-corrected chi connectivity index (χ4v) is 2.82. The Balaban J connectivity index is 1.75. The van der Waals surface area contributed by atoms with Crippen molar-refractivity contribution >= 4 is 27.3 Å². The lowest BCUT2D eigenvalue weighted by atomic mass is 10.1. The average molecular weight is 350 g/mol. The molecule has 0 spiro atoms. The summed E-state index contributed by atoms with van der Waals surface area (Å²) in [5.41, 5.74) is 7.23. The van der Waals surface area contributed by atoms with Crippen LogP contribution in [0.3, 0.4) is 0 Å². The fraction of sp³-hybridized carbons (Fsp3) is 0.143. The van der Waals surface area contributed by atoms with Crippen molar-refractivity contribution in [3.8, 4) is 0 Å². The van der Waals surface area contributed by atoms with E-state index in [0.717, 1.165) is 14.9 Å². The quantitative estimate of drug-likeness (QED) is 0.782. The van der Waals surface area contributed by atoms with Gasteiger partial charge in [-0.1, -0.05) is 39.3 Å². The summed E-state index contributed by atoms with van der Waals surface area (Å²) in [6, 6.07) is 11.6. The zero-order valence-electron chi connectivity index (χ0n) is 10.5. The lowest BCUT2D eigenvalue weighted by molar-refractivity contribution is 0.364. The molecule has 4 nitrogen and oxygen atoms in total. The number of nitrogens with zero attached hydrogens (tertiary/aromatic N) is 2. The number of hydrogen-bond acceptors (Lipinski definition) is 5. The summed E-state index contributed by atoms with van der Waals surface area (Å²) in [5, 5.41) is 5.97. The first-order valence-electron chi connectivity index (χ1n) is 6.08. The van der Waals surface area contributed by atoms with E-state index < -0.39 is 0 Å². The summed E-state index contributed by atoms with van der Waals surface area (Å²) in [4.78, 5) is 5.39. The predicted octanol–water partition coefficient (Wildman–Crippen LogP) is 3.53. The van der Waals surface area contributed by atoms with Crippen molar-refractivity contribution < 1.29 is 4.52 Å². The van der Waals surface area contributed by atoms with Crippen LogP contribution < -0.4 is 5.73 Å². The van der Waals surface area contributed by atoms with Gasteiger partial charge >= 0.3 is 0 Å². The van der Waals surface area contributed by atoms with E-state index in [1.807, 2.05) is 41.8 Å². The van der Waals surface area contributed by atoms with Gasteiger partial charge in [0.25, 0.3) is 0 Å². The van der Waals surface area contributed by atoms with E-state index in [1.54, 1.807) is 11.3 Å². The predicted molar refractivity (Wildman–Crippen MR) is 81.6 cm³/mol. The Kier molecular flexibility index (Phi) is 3.95. The lowest BCUT2D eigenvalue weighted by Gasteiger charge is -2.01. The second-order valence-electron chi connectivity index (χ2n) is 4.35. The minimum absolute atomic E-state index is 0.346. The summed E-state index contributed by atoms with van der Waals surface area (Å²) in [6.07, 6.45) is 0.633. The first-order valence-corrected chi connectivity index (χ1v) is 7.75. The second-order valence-corrected chi connectivity index (χ2v) is 6.24. The van der Waals surface area contributed by atoms with E-state index in [9.17, 15) is 0 Å². The number of nitrogens with two attached hydrogens (primary N) is 1. The van der Waals surface area contributed by atoms with Crippen LogP contribution in [0.25, 0.3) is 0 Å². The number of benzene rings is 1. The SMILES string of the molecule is NC(c1nc(Cc2ccc(Br)cc2)no1)c1cccs1. The molecule has 2 N–H and O–H groups in total. The Hall–Kier alpha value is -1.50. The molecular weight excluding hydrogens is 338 g/mol. The van der Waals surface area contributed by atoms with Gasteiger partial charge in [-0.25, -0.2) is 0 Å². The van der Waals surface area contributed by atoms with E-state index in [4.69, 9.17) is 10.3 Å². The standard InChI is InChI=1S/C14H12BrN3OS/c15-10-5-3-9(4-6-10)8-12-17-14(19-18-12)13(16)11-2-1-7-20-11/h1-7,13H,8,16H2. The van der Waals surface area contributed by atoms with Crippen LogP contribution in [0.5, 0.6) is 0 Å². The third kappa shape index (κ3) is 2.98. The Labute approximate surface area is 128 Å². The molecule has 0 saturated heterocycles. The smallest absolute Gasteiger partial charge is 0.248 e. The molecule has 1 aromatic carbocycles. The van der Waals surface area contributed by atoms with Gasteiger partial charge in [-0.2, -0.15) is 4.98 Å². The summed E-state index contributed by atoms with van der Waals surface area (Å²) in [6.45, 7) is 0. The zero-order chi connectivity index (χ0) is 13.9. The summed E-state index contributed by atoms with van der Waals surface area (Å²) in [5.74, 6) is 1.11. The van der Waals surface area contributed by atoms with Crippen molar-refractivity contribution in [2.75, 3.05) is 0 Å². The largest absolute Gasteiger partial charge is 0.337 e. The third-order valence-electron chi connectivity index (χ3n) is 2.88. The van der Waals surface area contributed by atoms with E-state index in [2.05, 4.69) is 26.1 Å². The highest BCUT2D eigenvalue weighted by Gasteiger charge is 2.17. The highest BCUT2D eigenvalue weighted by Crippen LogP contribution is 2.22. The minimum Gasteiger partial charge on any atom is -0.337 e. The number of hydrogen-bond donors (Lipinski definition) is 1. The summed E-state index contributed by atoms with van der Waals surface area (Å²) in [7, 11) is 0. The molecule has 102 valence electrons. The van der Waals surface area contributed by atoms with Crippen LogP contribution >= 0.6 is 27.3 Å². The van der Waals surface area contributed by atoms with Crippen LogP contribution in [0.2, 0.25) is 0 Å². The number of rotatable bonds is 4. The maximum absolute atomic E-state index is 6.10. The van der Waals surface area contributed by atoms with Gasteiger partial charge < -0.3 is 10.3 Å². The van der Waals surface area contributed by atoms with Crippen LogP contribution in [0, 0.1) is 0 Å². The van der Waals surface area contributed by atoms with Gasteiger partial charge in [0, 0.05) is 15.8 Å². The van der Waals surface area contributed by atoms with Gasteiger partial charge in [-0.3, -0.25) is 0 Å². The lowest BCUT2D eigenvalue weighted by Crippen LogP contribution is -2.10. The molecule has 0 aliphatic carbocycles. The monoisotopic (exact) mass is 349 g/mol. The average Bonchev–Trinajstić information content (AvgIpc) is 3.12. The van der Waals surface area contributed by atoms with E-state index in [0.29, 0.717) is 18.1 Å². The molecule has 0 radical (unpaired) electrons. The molecule has 2 aromatic heterocycles. The zero-order valence-corrected chi connectivity index (χ0v) is 12.9. The molecule has 0 aliphatic rings. The van der Waals surface area contributed by atoms with Crippen LogP contribution in [0.4, 0.5) is 0 Å². The molecule has 0 fully saturated rings. The normalized spacial score (nSPS) is 12.5. The fourth-order valence-electron chi connectivity index (χ4n) is 1.84. The van der Waals surface area contributed by atoms with Crippen LogP contribution in [-0.4, -0.2) is 10.1 Å².